The van der Waals surface area contributed by atoms with Gasteiger partial charge in [0.1, 0.15) is 0 Å². The molecule has 2 heteroatoms. The molecule has 3 N–H and O–H groups in total. The topological polar surface area (TPSA) is 38.0 Å². The number of unbranched alkanes of at least 4 members (excludes halogenated alkanes) is 3. The van der Waals surface area contributed by atoms with Gasteiger partial charge in [0.15, 0.2) is 0 Å². The SMILES string of the molecule is CCCCC(CC)CNCCCCCN. The first-order chi connectivity index (χ1) is 7.35. The Morgan fingerprint density at radius 1 is 1.07 bits per heavy atom. The van der Waals surface area contributed by atoms with E-state index < -0.39 is 0 Å². The summed E-state index contributed by atoms with van der Waals surface area (Å²) in [6.07, 6.45) is 9.14. The number of nitrogens with one attached hydrogen (secondary N) is 1. The third-order valence-corrected chi connectivity index (χ3v) is 3.03. The first-order valence-corrected chi connectivity index (χ1v) is 6.75. The van der Waals surface area contributed by atoms with Crippen LogP contribution < -0.4 is 11.1 Å². The van der Waals surface area contributed by atoms with Gasteiger partial charge in [-0.3, -0.25) is 0 Å². The maximum absolute atomic E-state index is 5.45. The highest BCUT2D eigenvalue weighted by Gasteiger charge is 2.04. The molecule has 0 rings (SSSR count). The first kappa shape index (κ1) is 14.9. The fraction of sp³-hybridized carbons (Fsp3) is 1.00. The van der Waals surface area contributed by atoms with Gasteiger partial charge in [0.25, 0.3) is 0 Å². The van der Waals surface area contributed by atoms with Crippen LogP contribution in [0.25, 0.3) is 0 Å². The van der Waals surface area contributed by atoms with Crippen molar-refractivity contribution in [3.63, 3.8) is 0 Å². The van der Waals surface area contributed by atoms with Gasteiger partial charge in [-0.15, -0.1) is 0 Å². The van der Waals surface area contributed by atoms with Crippen LogP contribution in [0.4, 0.5) is 0 Å². The second-order valence-electron chi connectivity index (χ2n) is 4.47. The van der Waals surface area contributed by atoms with E-state index in [1.807, 2.05) is 0 Å². The van der Waals surface area contributed by atoms with Crippen molar-refractivity contribution in [2.24, 2.45) is 11.7 Å². The van der Waals surface area contributed by atoms with Gasteiger partial charge in [-0.2, -0.15) is 0 Å². The maximum atomic E-state index is 5.45. The van der Waals surface area contributed by atoms with Gasteiger partial charge in [-0.05, 0) is 44.8 Å². The van der Waals surface area contributed by atoms with Crippen molar-refractivity contribution < 1.29 is 0 Å². The average molecular weight is 214 g/mol. The quantitative estimate of drug-likeness (QED) is 0.519. The Bertz CT molecular complexity index is 115. The van der Waals surface area contributed by atoms with Gasteiger partial charge in [0.2, 0.25) is 0 Å². The van der Waals surface area contributed by atoms with E-state index in [1.54, 1.807) is 0 Å². The lowest BCUT2D eigenvalue weighted by Gasteiger charge is -2.15. The highest BCUT2D eigenvalue weighted by molar-refractivity contribution is 4.61. The van der Waals surface area contributed by atoms with Crippen molar-refractivity contribution in [1.82, 2.24) is 5.32 Å². The number of nitrogens with two attached hydrogens (primary N) is 1. The molecule has 15 heavy (non-hydrogen) atoms. The lowest BCUT2D eigenvalue weighted by molar-refractivity contribution is 0.416. The van der Waals surface area contributed by atoms with Gasteiger partial charge in [-0.1, -0.05) is 39.5 Å². The summed E-state index contributed by atoms with van der Waals surface area (Å²) in [4.78, 5) is 0. The third kappa shape index (κ3) is 10.2. The lowest BCUT2D eigenvalue weighted by atomic mass is 9.99. The minimum atomic E-state index is 0.841. The summed E-state index contributed by atoms with van der Waals surface area (Å²) in [6, 6.07) is 0. The van der Waals surface area contributed by atoms with Gasteiger partial charge < -0.3 is 11.1 Å². The van der Waals surface area contributed by atoms with E-state index in [0.717, 1.165) is 12.5 Å². The molecular weight excluding hydrogens is 184 g/mol. The van der Waals surface area contributed by atoms with Gasteiger partial charge in [0, 0.05) is 0 Å². The molecule has 0 aromatic carbocycles. The third-order valence-electron chi connectivity index (χ3n) is 3.03. The zero-order valence-electron chi connectivity index (χ0n) is 10.7. The van der Waals surface area contributed by atoms with Crippen molar-refractivity contribution in [2.45, 2.75) is 58.8 Å². The molecule has 0 saturated heterocycles. The van der Waals surface area contributed by atoms with Crippen molar-refractivity contribution in [3.05, 3.63) is 0 Å². The number of hydrogen-bond donors (Lipinski definition) is 2. The van der Waals surface area contributed by atoms with Crippen LogP contribution in [0, 0.1) is 5.92 Å². The highest BCUT2D eigenvalue weighted by Crippen LogP contribution is 2.11. The molecule has 1 unspecified atom stereocenters. The van der Waals surface area contributed by atoms with E-state index in [1.165, 1.54) is 58.0 Å². The van der Waals surface area contributed by atoms with Gasteiger partial charge in [-0.25, -0.2) is 0 Å². The van der Waals surface area contributed by atoms with Crippen molar-refractivity contribution in [3.8, 4) is 0 Å². The second-order valence-corrected chi connectivity index (χ2v) is 4.47. The van der Waals surface area contributed by atoms with Crippen LogP contribution >= 0.6 is 0 Å². The monoisotopic (exact) mass is 214 g/mol. The van der Waals surface area contributed by atoms with E-state index in [-0.39, 0.29) is 0 Å². The molecule has 2 nitrogen and oxygen atoms in total. The summed E-state index contributed by atoms with van der Waals surface area (Å²) in [5, 5.41) is 3.56. The lowest BCUT2D eigenvalue weighted by Crippen LogP contribution is -2.23. The molecule has 0 aromatic rings. The zero-order valence-corrected chi connectivity index (χ0v) is 10.7. The number of hydrogen-bond acceptors (Lipinski definition) is 2. The van der Waals surface area contributed by atoms with Crippen LogP contribution in [-0.2, 0) is 0 Å². The largest absolute Gasteiger partial charge is 0.330 e. The predicted octanol–water partition coefficient (Wildman–Crippen LogP) is 2.92. The van der Waals surface area contributed by atoms with E-state index in [0.29, 0.717) is 0 Å². The molecule has 0 aliphatic rings. The molecule has 0 bridgehead atoms. The molecule has 0 amide bonds. The van der Waals surface area contributed by atoms with Crippen molar-refractivity contribution in [2.75, 3.05) is 19.6 Å². The van der Waals surface area contributed by atoms with E-state index in [9.17, 15) is 0 Å². The molecule has 0 aliphatic carbocycles. The normalized spacial score (nSPS) is 13.0. The molecule has 0 spiro atoms. The van der Waals surface area contributed by atoms with Crippen LogP contribution in [0.5, 0.6) is 0 Å². The molecule has 0 heterocycles. The standard InChI is InChI=1S/C13H30N2/c1-3-5-9-13(4-2)12-15-11-8-6-7-10-14/h13,15H,3-12,14H2,1-2H3. The van der Waals surface area contributed by atoms with Crippen molar-refractivity contribution in [1.29, 1.82) is 0 Å². The molecule has 0 aromatic heterocycles. The Balaban J connectivity index is 3.22. The van der Waals surface area contributed by atoms with Crippen LogP contribution in [0.15, 0.2) is 0 Å². The molecular formula is C13H30N2. The summed E-state index contributed by atoms with van der Waals surface area (Å²) in [5.74, 6) is 0.888. The van der Waals surface area contributed by atoms with Gasteiger partial charge >= 0.3 is 0 Å². The Labute approximate surface area is 96.0 Å². The van der Waals surface area contributed by atoms with Crippen LogP contribution in [0.3, 0.4) is 0 Å². The first-order valence-electron chi connectivity index (χ1n) is 6.75. The van der Waals surface area contributed by atoms with Crippen LogP contribution in [-0.4, -0.2) is 19.6 Å². The average Bonchev–Trinajstić information content (AvgIpc) is 2.27. The van der Waals surface area contributed by atoms with E-state index in [2.05, 4.69) is 19.2 Å². The highest BCUT2D eigenvalue weighted by atomic mass is 14.8. The predicted molar refractivity (Wildman–Crippen MR) is 69.1 cm³/mol. The molecule has 0 aliphatic heterocycles. The summed E-state index contributed by atoms with van der Waals surface area (Å²) in [5.41, 5.74) is 5.45. The molecule has 92 valence electrons. The van der Waals surface area contributed by atoms with Gasteiger partial charge in [0.05, 0.1) is 0 Å². The van der Waals surface area contributed by atoms with Crippen molar-refractivity contribution >= 4 is 0 Å². The van der Waals surface area contributed by atoms with Crippen LogP contribution in [0.1, 0.15) is 58.8 Å². The smallest absolute Gasteiger partial charge is 0.00206 e. The Kier molecular flexibility index (Phi) is 11.9. The van der Waals surface area contributed by atoms with E-state index in [4.69, 9.17) is 5.73 Å². The molecule has 1 atom stereocenters. The summed E-state index contributed by atoms with van der Waals surface area (Å²) < 4.78 is 0. The summed E-state index contributed by atoms with van der Waals surface area (Å²) in [6.45, 7) is 7.79. The second kappa shape index (κ2) is 12.0. The Morgan fingerprint density at radius 2 is 1.87 bits per heavy atom. The summed E-state index contributed by atoms with van der Waals surface area (Å²) in [7, 11) is 0. The van der Waals surface area contributed by atoms with Crippen LogP contribution in [0.2, 0.25) is 0 Å². The van der Waals surface area contributed by atoms with E-state index >= 15 is 0 Å². The fourth-order valence-electron chi connectivity index (χ4n) is 1.82. The zero-order chi connectivity index (χ0) is 11.4. The minimum absolute atomic E-state index is 0.841. The Morgan fingerprint density at radius 3 is 2.47 bits per heavy atom. The molecule has 0 saturated carbocycles. The minimum Gasteiger partial charge on any atom is -0.330 e. The molecule has 0 fully saturated rings. The maximum Gasteiger partial charge on any atom is -0.00206 e. The molecule has 0 radical (unpaired) electrons. The Hall–Kier alpha value is -0.0800. The fourth-order valence-corrected chi connectivity index (χ4v) is 1.82. The number of rotatable bonds is 11. The summed E-state index contributed by atoms with van der Waals surface area (Å²) >= 11 is 0.